The number of fused-ring (bicyclic) bond motifs is 1. The summed E-state index contributed by atoms with van der Waals surface area (Å²) >= 11 is 0. The first kappa shape index (κ1) is 23.3. The van der Waals surface area contributed by atoms with Crippen molar-refractivity contribution in [1.29, 1.82) is 0 Å². The molecule has 1 aliphatic heterocycles. The first-order valence-corrected chi connectivity index (χ1v) is 11.9. The topological polar surface area (TPSA) is 72.8 Å². The number of hydrogen-bond acceptors (Lipinski definition) is 5. The fraction of sp³-hybridized carbons (Fsp3) is 0.840. The first-order chi connectivity index (χ1) is 14.1. The Balaban J connectivity index is 1.74. The lowest BCUT2D eigenvalue weighted by molar-refractivity contribution is -0.171. The first-order valence-electron chi connectivity index (χ1n) is 11.9. The van der Waals surface area contributed by atoms with E-state index in [1.165, 1.54) is 0 Å². The summed E-state index contributed by atoms with van der Waals surface area (Å²) in [5.74, 6) is 1.65. The molecule has 3 rings (SSSR count). The van der Waals surface area contributed by atoms with E-state index in [1.54, 1.807) is 0 Å². The molecule has 5 nitrogen and oxygen atoms in total. The monoisotopic (exact) mass is 420 g/mol. The number of rotatable bonds is 6. The van der Waals surface area contributed by atoms with Crippen LogP contribution in [0.3, 0.4) is 0 Å². The summed E-state index contributed by atoms with van der Waals surface area (Å²) in [6.45, 7) is 10.4. The molecule has 0 bridgehead atoms. The van der Waals surface area contributed by atoms with Crippen LogP contribution < -0.4 is 0 Å². The second-order valence-electron chi connectivity index (χ2n) is 10.7. The highest BCUT2D eigenvalue weighted by molar-refractivity contribution is 5.76. The Kier molecular flexibility index (Phi) is 7.32. The molecule has 8 atom stereocenters. The number of carbonyl (C=O) groups excluding carboxylic acids is 2. The summed E-state index contributed by atoms with van der Waals surface area (Å²) in [4.78, 5) is 24.6. The molecule has 2 unspecified atom stereocenters. The molecule has 170 valence electrons. The van der Waals surface area contributed by atoms with Crippen molar-refractivity contribution in [2.45, 2.75) is 97.9 Å². The molecule has 0 radical (unpaired) electrons. The van der Waals surface area contributed by atoms with Crippen molar-refractivity contribution in [3.8, 4) is 0 Å². The van der Waals surface area contributed by atoms with Crippen molar-refractivity contribution >= 4 is 11.9 Å². The molecule has 0 amide bonds. The van der Waals surface area contributed by atoms with Gasteiger partial charge in [0.25, 0.3) is 0 Å². The molecular formula is C25H40O5. The minimum absolute atomic E-state index is 0.0611. The summed E-state index contributed by atoms with van der Waals surface area (Å²) < 4.78 is 11.7. The maximum Gasteiger partial charge on any atom is 0.311 e. The predicted molar refractivity (Wildman–Crippen MR) is 115 cm³/mol. The molecule has 1 saturated carbocycles. The fourth-order valence-corrected chi connectivity index (χ4v) is 5.60. The van der Waals surface area contributed by atoms with Crippen molar-refractivity contribution in [2.24, 2.45) is 35.0 Å². The Bertz CT molecular complexity index is 654. The molecule has 0 aromatic heterocycles. The highest BCUT2D eigenvalue weighted by atomic mass is 16.6. The molecule has 2 aliphatic carbocycles. The van der Waals surface area contributed by atoms with Gasteiger partial charge in [-0.3, -0.25) is 9.59 Å². The zero-order chi connectivity index (χ0) is 22.1. The quantitative estimate of drug-likeness (QED) is 0.499. The van der Waals surface area contributed by atoms with Gasteiger partial charge in [-0.1, -0.05) is 32.9 Å². The van der Waals surface area contributed by atoms with Crippen molar-refractivity contribution in [3.63, 3.8) is 0 Å². The molecule has 0 spiro atoms. The fourth-order valence-electron chi connectivity index (χ4n) is 5.60. The van der Waals surface area contributed by atoms with E-state index in [0.717, 1.165) is 32.1 Å². The number of carbonyl (C=O) groups is 2. The van der Waals surface area contributed by atoms with Gasteiger partial charge >= 0.3 is 11.9 Å². The van der Waals surface area contributed by atoms with E-state index in [2.05, 4.69) is 26.0 Å². The largest absolute Gasteiger partial charge is 0.462 e. The van der Waals surface area contributed by atoms with Crippen LogP contribution in [0.4, 0.5) is 0 Å². The molecule has 1 heterocycles. The van der Waals surface area contributed by atoms with E-state index in [9.17, 15) is 14.7 Å². The lowest BCUT2D eigenvalue weighted by Crippen LogP contribution is -2.47. The van der Waals surface area contributed by atoms with Gasteiger partial charge in [-0.15, -0.1) is 0 Å². The maximum atomic E-state index is 12.9. The van der Waals surface area contributed by atoms with Crippen LogP contribution in [0.2, 0.25) is 0 Å². The molecule has 0 aromatic carbocycles. The molecule has 1 saturated heterocycles. The summed E-state index contributed by atoms with van der Waals surface area (Å²) in [5.41, 5.74) is -0.464. The minimum atomic E-state index is -0.590. The van der Waals surface area contributed by atoms with Crippen molar-refractivity contribution in [1.82, 2.24) is 0 Å². The number of ether oxygens (including phenoxy) is 2. The van der Waals surface area contributed by atoms with Gasteiger partial charge in [0.1, 0.15) is 12.2 Å². The smallest absolute Gasteiger partial charge is 0.311 e. The number of esters is 2. The highest BCUT2D eigenvalue weighted by Gasteiger charge is 2.46. The number of aliphatic hydroxyl groups excluding tert-OH is 1. The third-order valence-corrected chi connectivity index (χ3v) is 7.82. The lowest BCUT2D eigenvalue weighted by Gasteiger charge is -2.48. The Morgan fingerprint density at radius 1 is 1.20 bits per heavy atom. The van der Waals surface area contributed by atoms with Crippen LogP contribution >= 0.6 is 0 Å². The minimum Gasteiger partial charge on any atom is -0.462 e. The summed E-state index contributed by atoms with van der Waals surface area (Å²) in [5, 5.41) is 9.93. The molecule has 2 fully saturated rings. The van der Waals surface area contributed by atoms with E-state index < -0.39 is 11.5 Å². The van der Waals surface area contributed by atoms with Crippen LogP contribution in [-0.2, 0) is 19.1 Å². The van der Waals surface area contributed by atoms with Gasteiger partial charge in [-0.2, -0.15) is 0 Å². The Morgan fingerprint density at radius 3 is 2.60 bits per heavy atom. The van der Waals surface area contributed by atoms with Crippen LogP contribution in [0, 0.1) is 35.0 Å². The van der Waals surface area contributed by atoms with Gasteiger partial charge in [-0.25, -0.2) is 0 Å². The summed E-state index contributed by atoms with van der Waals surface area (Å²) in [6, 6.07) is 0. The average Bonchev–Trinajstić information content (AvgIpc) is 2.66. The summed E-state index contributed by atoms with van der Waals surface area (Å²) in [7, 11) is 0. The predicted octanol–water partition coefficient (Wildman–Crippen LogP) is 4.67. The SMILES string of the molecule is CCC(C)(C)C(=O)O[C@H]1C[C@@H](C)CC2C=C[C@H](C)[C@H](CCC3C[C@@H](O)CC(=O)O3)[C@H]21. The molecule has 5 heteroatoms. The van der Waals surface area contributed by atoms with E-state index >= 15 is 0 Å². The molecule has 30 heavy (non-hydrogen) atoms. The lowest BCUT2D eigenvalue weighted by atomic mass is 9.60. The third-order valence-electron chi connectivity index (χ3n) is 7.82. The number of allylic oxidation sites excluding steroid dienone is 2. The number of cyclic esters (lactones) is 1. The van der Waals surface area contributed by atoms with Gasteiger partial charge in [0.2, 0.25) is 0 Å². The normalized spacial score (nSPS) is 39.2. The number of aliphatic hydroxyl groups is 1. The van der Waals surface area contributed by atoms with Crippen LogP contribution in [0.5, 0.6) is 0 Å². The third kappa shape index (κ3) is 5.27. The molecule has 3 aliphatic rings. The zero-order valence-electron chi connectivity index (χ0n) is 19.3. The number of hydrogen-bond donors (Lipinski definition) is 1. The van der Waals surface area contributed by atoms with Crippen molar-refractivity contribution in [3.05, 3.63) is 12.2 Å². The average molecular weight is 421 g/mol. The molecule has 1 N–H and O–H groups in total. The summed E-state index contributed by atoms with van der Waals surface area (Å²) in [6.07, 6.45) is 8.91. The van der Waals surface area contributed by atoms with E-state index in [1.807, 2.05) is 20.8 Å². The second-order valence-corrected chi connectivity index (χ2v) is 10.7. The second kappa shape index (κ2) is 9.42. The highest BCUT2D eigenvalue weighted by Crippen LogP contribution is 2.48. The van der Waals surface area contributed by atoms with E-state index in [0.29, 0.717) is 36.0 Å². The van der Waals surface area contributed by atoms with Gasteiger partial charge < -0.3 is 14.6 Å². The van der Waals surface area contributed by atoms with Crippen LogP contribution in [0.15, 0.2) is 12.2 Å². The van der Waals surface area contributed by atoms with Crippen LogP contribution in [0.25, 0.3) is 0 Å². The maximum absolute atomic E-state index is 12.9. The molecular weight excluding hydrogens is 380 g/mol. The van der Waals surface area contributed by atoms with E-state index in [4.69, 9.17) is 9.47 Å². The van der Waals surface area contributed by atoms with Crippen LogP contribution in [0.1, 0.15) is 79.6 Å². The van der Waals surface area contributed by atoms with Crippen molar-refractivity contribution in [2.75, 3.05) is 0 Å². The van der Waals surface area contributed by atoms with E-state index in [-0.39, 0.29) is 30.6 Å². The van der Waals surface area contributed by atoms with Gasteiger partial charge in [-0.05, 0) is 69.6 Å². The zero-order valence-corrected chi connectivity index (χ0v) is 19.3. The Morgan fingerprint density at radius 2 is 1.93 bits per heavy atom. The van der Waals surface area contributed by atoms with Crippen molar-refractivity contribution < 1.29 is 24.2 Å². The van der Waals surface area contributed by atoms with Gasteiger partial charge in [0.05, 0.1) is 17.9 Å². The van der Waals surface area contributed by atoms with Crippen LogP contribution in [-0.4, -0.2) is 35.4 Å². The molecule has 0 aromatic rings. The Hall–Kier alpha value is -1.36. The standard InChI is InChI=1S/C25H40O5/c1-6-25(4,5)24(28)30-21-12-15(2)11-17-8-7-16(3)20(23(17)21)10-9-19-13-18(26)14-22(27)29-19/h7-8,15-21,23,26H,6,9-14H2,1-5H3/t15-,16-,17?,18+,19?,20-,21-,23-/m0/s1. The Labute approximate surface area is 181 Å². The van der Waals surface area contributed by atoms with Gasteiger partial charge in [0.15, 0.2) is 0 Å². The van der Waals surface area contributed by atoms with Gasteiger partial charge in [0, 0.05) is 12.3 Å².